The quantitative estimate of drug-likeness (QED) is 0.759. The van der Waals surface area contributed by atoms with Gasteiger partial charge in [-0.15, -0.1) is 0 Å². The Morgan fingerprint density at radius 3 is 2.72 bits per heavy atom. The molecule has 1 aromatic heterocycles. The number of para-hydroxylation sites is 1. The third kappa shape index (κ3) is 4.16. The number of carbonyl (C=O) groups excluding carboxylic acids is 1. The molecule has 0 saturated carbocycles. The van der Waals surface area contributed by atoms with Crippen LogP contribution in [0.2, 0.25) is 5.02 Å². The lowest BCUT2D eigenvalue weighted by Crippen LogP contribution is -2.15. The highest BCUT2D eigenvalue weighted by molar-refractivity contribution is 6.30. The molecule has 0 aliphatic carbocycles. The molecule has 0 atom stereocenters. The van der Waals surface area contributed by atoms with Gasteiger partial charge in [-0.1, -0.05) is 23.7 Å². The standard InChI is InChI=1S/C18H13ClN4O2/c19-14-5-7-15(8-6-14)25-12-23-10-9-17(22-23)18(24)21-16-4-2-1-3-13(16)11-20/h1-10H,12H2,(H,21,24). The first-order valence-electron chi connectivity index (χ1n) is 7.38. The predicted molar refractivity (Wildman–Crippen MR) is 93.4 cm³/mol. The van der Waals surface area contributed by atoms with E-state index in [0.717, 1.165) is 0 Å². The molecular formula is C18H13ClN4O2. The van der Waals surface area contributed by atoms with Crippen LogP contribution >= 0.6 is 11.6 Å². The average molecular weight is 353 g/mol. The largest absolute Gasteiger partial charge is 0.471 e. The van der Waals surface area contributed by atoms with Crippen molar-refractivity contribution in [1.29, 1.82) is 5.26 Å². The number of rotatable bonds is 5. The van der Waals surface area contributed by atoms with E-state index >= 15 is 0 Å². The first kappa shape index (κ1) is 16.6. The number of ether oxygens (including phenoxy) is 1. The minimum absolute atomic E-state index is 0.156. The van der Waals surface area contributed by atoms with Gasteiger partial charge in [0.05, 0.1) is 11.3 Å². The van der Waals surface area contributed by atoms with Crippen molar-refractivity contribution in [2.75, 3.05) is 5.32 Å². The van der Waals surface area contributed by atoms with E-state index in [1.165, 1.54) is 4.68 Å². The summed E-state index contributed by atoms with van der Waals surface area (Å²) in [5.41, 5.74) is 1.07. The number of nitriles is 1. The van der Waals surface area contributed by atoms with E-state index < -0.39 is 5.91 Å². The van der Waals surface area contributed by atoms with Crippen LogP contribution in [0, 0.1) is 11.3 Å². The first-order valence-corrected chi connectivity index (χ1v) is 7.76. The minimum Gasteiger partial charge on any atom is -0.471 e. The third-order valence-electron chi connectivity index (χ3n) is 3.35. The Kier molecular flexibility index (Phi) is 4.97. The third-order valence-corrected chi connectivity index (χ3v) is 3.60. The average Bonchev–Trinajstić information content (AvgIpc) is 3.11. The van der Waals surface area contributed by atoms with E-state index in [9.17, 15) is 4.79 Å². The summed E-state index contributed by atoms with van der Waals surface area (Å²) in [5, 5.41) is 16.5. The van der Waals surface area contributed by atoms with Crippen molar-refractivity contribution in [3.05, 3.63) is 77.1 Å². The lowest BCUT2D eigenvalue weighted by atomic mass is 10.2. The zero-order valence-electron chi connectivity index (χ0n) is 13.0. The van der Waals surface area contributed by atoms with Crippen molar-refractivity contribution < 1.29 is 9.53 Å². The highest BCUT2D eigenvalue weighted by Crippen LogP contribution is 2.16. The fraction of sp³-hybridized carbons (Fsp3) is 0.0556. The smallest absolute Gasteiger partial charge is 0.276 e. The van der Waals surface area contributed by atoms with Crippen LogP contribution in [0.4, 0.5) is 5.69 Å². The minimum atomic E-state index is -0.395. The molecule has 124 valence electrons. The molecule has 0 spiro atoms. The number of anilines is 1. The van der Waals surface area contributed by atoms with Crippen molar-refractivity contribution in [2.45, 2.75) is 6.73 Å². The number of amides is 1. The molecule has 0 radical (unpaired) electrons. The van der Waals surface area contributed by atoms with E-state index in [1.807, 2.05) is 6.07 Å². The van der Waals surface area contributed by atoms with Gasteiger partial charge in [-0.05, 0) is 42.5 Å². The fourth-order valence-corrected chi connectivity index (χ4v) is 2.23. The molecule has 6 nitrogen and oxygen atoms in total. The topological polar surface area (TPSA) is 79.9 Å². The molecule has 0 bridgehead atoms. The second kappa shape index (κ2) is 7.51. The Labute approximate surface area is 149 Å². The van der Waals surface area contributed by atoms with Gasteiger partial charge < -0.3 is 10.1 Å². The van der Waals surface area contributed by atoms with Gasteiger partial charge in [0, 0.05) is 11.2 Å². The summed E-state index contributed by atoms with van der Waals surface area (Å²) in [6, 6.07) is 17.3. The molecule has 1 heterocycles. The normalized spacial score (nSPS) is 10.1. The van der Waals surface area contributed by atoms with Crippen molar-refractivity contribution in [2.24, 2.45) is 0 Å². The monoisotopic (exact) mass is 352 g/mol. The molecule has 0 aliphatic rings. The molecule has 7 heteroatoms. The molecule has 1 amide bonds. The molecule has 1 N–H and O–H groups in total. The Bertz CT molecular complexity index is 929. The number of benzene rings is 2. The number of halogens is 1. The number of nitrogens with one attached hydrogen (secondary N) is 1. The van der Waals surface area contributed by atoms with Gasteiger partial charge in [0.2, 0.25) is 0 Å². The van der Waals surface area contributed by atoms with Gasteiger partial charge in [-0.3, -0.25) is 4.79 Å². The van der Waals surface area contributed by atoms with E-state index in [0.29, 0.717) is 22.0 Å². The van der Waals surface area contributed by atoms with Crippen LogP contribution in [0.1, 0.15) is 16.1 Å². The highest BCUT2D eigenvalue weighted by atomic mass is 35.5. The molecular weight excluding hydrogens is 340 g/mol. The molecule has 25 heavy (non-hydrogen) atoms. The number of carbonyl (C=O) groups is 1. The molecule has 0 saturated heterocycles. The highest BCUT2D eigenvalue weighted by Gasteiger charge is 2.12. The number of hydrogen-bond donors (Lipinski definition) is 1. The first-order chi connectivity index (χ1) is 12.2. The molecule has 3 aromatic rings. The van der Waals surface area contributed by atoms with Crippen LogP contribution in [0.3, 0.4) is 0 Å². The van der Waals surface area contributed by atoms with Crippen LogP contribution in [-0.2, 0) is 6.73 Å². The van der Waals surface area contributed by atoms with Gasteiger partial charge in [0.1, 0.15) is 11.8 Å². The maximum absolute atomic E-state index is 12.3. The van der Waals surface area contributed by atoms with Crippen molar-refractivity contribution >= 4 is 23.2 Å². The molecule has 0 unspecified atom stereocenters. The summed E-state index contributed by atoms with van der Waals surface area (Å²) in [6.07, 6.45) is 1.64. The zero-order valence-corrected chi connectivity index (χ0v) is 13.8. The Hall–Kier alpha value is -3.30. The van der Waals surface area contributed by atoms with Gasteiger partial charge in [-0.2, -0.15) is 10.4 Å². The molecule has 0 aliphatic heterocycles. The van der Waals surface area contributed by atoms with Crippen molar-refractivity contribution in [1.82, 2.24) is 9.78 Å². The summed E-state index contributed by atoms with van der Waals surface area (Å²) in [7, 11) is 0. The Balaban J connectivity index is 1.63. The summed E-state index contributed by atoms with van der Waals surface area (Å²) in [5.74, 6) is 0.252. The summed E-state index contributed by atoms with van der Waals surface area (Å²) >= 11 is 5.82. The molecule has 3 rings (SSSR count). The van der Waals surface area contributed by atoms with Gasteiger partial charge in [0.15, 0.2) is 12.4 Å². The molecule has 2 aromatic carbocycles. The van der Waals surface area contributed by atoms with Crippen LogP contribution in [0.25, 0.3) is 0 Å². The maximum Gasteiger partial charge on any atom is 0.276 e. The molecule has 0 fully saturated rings. The Morgan fingerprint density at radius 2 is 1.96 bits per heavy atom. The van der Waals surface area contributed by atoms with E-state index in [1.54, 1.807) is 60.8 Å². The summed E-state index contributed by atoms with van der Waals surface area (Å²) in [6.45, 7) is 0.156. The van der Waals surface area contributed by atoms with Crippen LogP contribution in [-0.4, -0.2) is 15.7 Å². The SMILES string of the molecule is N#Cc1ccccc1NC(=O)c1ccn(COc2ccc(Cl)cc2)n1. The summed E-state index contributed by atoms with van der Waals surface area (Å²) < 4.78 is 7.06. The number of aromatic nitrogens is 2. The Morgan fingerprint density at radius 1 is 1.20 bits per heavy atom. The van der Waals surface area contributed by atoms with E-state index in [-0.39, 0.29) is 12.4 Å². The van der Waals surface area contributed by atoms with Gasteiger partial charge in [-0.25, -0.2) is 4.68 Å². The van der Waals surface area contributed by atoms with Crippen LogP contribution in [0.15, 0.2) is 60.8 Å². The van der Waals surface area contributed by atoms with Crippen molar-refractivity contribution in [3.63, 3.8) is 0 Å². The van der Waals surface area contributed by atoms with Crippen LogP contribution in [0.5, 0.6) is 5.75 Å². The second-order valence-corrected chi connectivity index (χ2v) is 5.52. The van der Waals surface area contributed by atoms with Crippen molar-refractivity contribution in [3.8, 4) is 11.8 Å². The fourth-order valence-electron chi connectivity index (χ4n) is 2.10. The lowest BCUT2D eigenvalue weighted by molar-refractivity contribution is 0.102. The van der Waals surface area contributed by atoms with Gasteiger partial charge in [0.25, 0.3) is 5.91 Å². The predicted octanol–water partition coefficient (Wildman–Crippen LogP) is 3.70. The van der Waals surface area contributed by atoms with E-state index in [4.69, 9.17) is 21.6 Å². The second-order valence-electron chi connectivity index (χ2n) is 5.08. The summed E-state index contributed by atoms with van der Waals surface area (Å²) in [4.78, 5) is 12.3. The van der Waals surface area contributed by atoms with Crippen LogP contribution < -0.4 is 10.1 Å². The maximum atomic E-state index is 12.3. The number of hydrogen-bond acceptors (Lipinski definition) is 4. The number of nitrogens with zero attached hydrogens (tertiary/aromatic N) is 3. The van der Waals surface area contributed by atoms with E-state index in [2.05, 4.69) is 10.4 Å². The zero-order chi connectivity index (χ0) is 17.6. The lowest BCUT2D eigenvalue weighted by Gasteiger charge is -2.06. The van der Waals surface area contributed by atoms with Gasteiger partial charge >= 0.3 is 0 Å².